The number of aliphatic hydroxyl groups excluding tert-OH is 1. The Kier molecular flexibility index (Phi) is 3.33. The van der Waals surface area contributed by atoms with Crippen LogP contribution in [0.15, 0.2) is 17.9 Å². The van der Waals surface area contributed by atoms with Gasteiger partial charge in [0.2, 0.25) is 0 Å². The van der Waals surface area contributed by atoms with E-state index in [1.807, 2.05) is 6.92 Å². The zero-order valence-electron chi connectivity index (χ0n) is 8.29. The van der Waals surface area contributed by atoms with Crippen LogP contribution in [0.3, 0.4) is 0 Å². The summed E-state index contributed by atoms with van der Waals surface area (Å²) in [4.78, 5) is 11.1. The minimum atomic E-state index is -1.12. The predicted molar refractivity (Wildman–Crippen MR) is 52.7 cm³/mol. The van der Waals surface area contributed by atoms with E-state index in [-0.39, 0.29) is 12.2 Å². The molecule has 0 saturated heterocycles. The molecule has 3 heteroatoms. The molecule has 0 fully saturated rings. The van der Waals surface area contributed by atoms with Gasteiger partial charge in [-0.15, -0.1) is 0 Å². The quantitative estimate of drug-likeness (QED) is 0.724. The molecular formula is C11H15O3. The maximum atomic E-state index is 11.1. The molecule has 0 aliphatic heterocycles. The van der Waals surface area contributed by atoms with Crippen molar-refractivity contribution in [1.29, 1.82) is 0 Å². The number of unbranched alkanes of at least 4 members (excludes halogenated alkanes) is 1. The van der Waals surface area contributed by atoms with E-state index in [1.165, 1.54) is 6.08 Å². The van der Waals surface area contributed by atoms with E-state index in [4.69, 9.17) is 5.11 Å². The highest BCUT2D eigenvalue weighted by Gasteiger charge is 2.42. The number of hydrogen-bond acceptors (Lipinski definition) is 2. The minimum absolute atomic E-state index is 0.0443. The Morgan fingerprint density at radius 1 is 1.71 bits per heavy atom. The zero-order chi connectivity index (χ0) is 10.6. The van der Waals surface area contributed by atoms with Gasteiger partial charge < -0.3 is 10.2 Å². The maximum absolute atomic E-state index is 11.1. The SMILES string of the molecule is CCCCC1(C(=O)O)C[C]=CC=C1O. The first-order valence-electron chi connectivity index (χ1n) is 4.83. The molecule has 0 spiro atoms. The number of carbonyl (C=O) groups is 1. The van der Waals surface area contributed by atoms with Gasteiger partial charge in [-0.2, -0.15) is 0 Å². The molecule has 0 saturated carbocycles. The second kappa shape index (κ2) is 4.31. The summed E-state index contributed by atoms with van der Waals surface area (Å²) >= 11 is 0. The first kappa shape index (κ1) is 10.8. The maximum Gasteiger partial charge on any atom is 0.317 e. The number of carboxylic acid groups (broad SMARTS) is 1. The van der Waals surface area contributed by atoms with Gasteiger partial charge in [0.15, 0.2) is 0 Å². The Hall–Kier alpha value is -1.25. The molecule has 77 valence electrons. The molecule has 1 atom stereocenters. The van der Waals surface area contributed by atoms with Crippen LogP contribution < -0.4 is 0 Å². The molecule has 3 nitrogen and oxygen atoms in total. The van der Waals surface area contributed by atoms with Crippen LogP contribution in [0.4, 0.5) is 0 Å². The molecule has 1 aliphatic carbocycles. The lowest BCUT2D eigenvalue weighted by Gasteiger charge is -2.28. The van der Waals surface area contributed by atoms with Crippen molar-refractivity contribution < 1.29 is 15.0 Å². The number of aliphatic hydroxyl groups is 1. The number of carboxylic acids is 1. The molecule has 0 aromatic rings. The Balaban J connectivity index is 2.87. The second-order valence-electron chi connectivity index (χ2n) is 3.59. The normalized spacial score (nSPS) is 25.9. The molecule has 2 N–H and O–H groups in total. The summed E-state index contributed by atoms with van der Waals surface area (Å²) in [6.07, 6.45) is 8.31. The van der Waals surface area contributed by atoms with Crippen LogP contribution in [-0.4, -0.2) is 16.2 Å². The molecule has 1 rings (SSSR count). The van der Waals surface area contributed by atoms with Crippen LogP contribution in [-0.2, 0) is 4.79 Å². The van der Waals surface area contributed by atoms with Crippen molar-refractivity contribution >= 4 is 5.97 Å². The Morgan fingerprint density at radius 2 is 2.43 bits per heavy atom. The Bertz CT molecular complexity index is 278. The number of allylic oxidation sites excluding steroid dienone is 3. The van der Waals surface area contributed by atoms with Crippen LogP contribution in [0.25, 0.3) is 0 Å². The van der Waals surface area contributed by atoms with E-state index < -0.39 is 11.4 Å². The monoisotopic (exact) mass is 195 g/mol. The van der Waals surface area contributed by atoms with Gasteiger partial charge in [-0.25, -0.2) is 0 Å². The molecule has 0 bridgehead atoms. The van der Waals surface area contributed by atoms with Gasteiger partial charge in [0.05, 0.1) is 0 Å². The molecular weight excluding hydrogens is 180 g/mol. The van der Waals surface area contributed by atoms with Crippen LogP contribution in [0.2, 0.25) is 0 Å². The summed E-state index contributed by atoms with van der Waals surface area (Å²) in [5.41, 5.74) is -1.12. The summed E-state index contributed by atoms with van der Waals surface area (Å²) in [6.45, 7) is 2.00. The van der Waals surface area contributed by atoms with Gasteiger partial charge in [-0.3, -0.25) is 4.79 Å². The molecule has 1 unspecified atom stereocenters. The van der Waals surface area contributed by atoms with Gasteiger partial charge in [-0.05, 0) is 25.0 Å². The molecule has 0 heterocycles. The van der Waals surface area contributed by atoms with E-state index in [1.54, 1.807) is 6.08 Å². The molecule has 1 aliphatic rings. The van der Waals surface area contributed by atoms with Crippen molar-refractivity contribution in [1.82, 2.24) is 0 Å². The number of aliphatic carboxylic acids is 1. The lowest BCUT2D eigenvalue weighted by atomic mass is 9.76. The first-order valence-corrected chi connectivity index (χ1v) is 4.83. The standard InChI is InChI=1S/C11H15O3/c1-2-3-7-11(10(13)14)8-5-4-6-9(11)12/h4,6,12H,2-3,7-8H2,1H3,(H,13,14). The van der Waals surface area contributed by atoms with E-state index in [2.05, 4.69) is 6.08 Å². The molecule has 0 aromatic heterocycles. The second-order valence-corrected chi connectivity index (χ2v) is 3.59. The zero-order valence-corrected chi connectivity index (χ0v) is 8.29. The topological polar surface area (TPSA) is 57.5 Å². The fourth-order valence-corrected chi connectivity index (χ4v) is 1.61. The van der Waals surface area contributed by atoms with Crippen molar-refractivity contribution in [2.24, 2.45) is 5.41 Å². The highest BCUT2D eigenvalue weighted by molar-refractivity contribution is 5.78. The van der Waals surface area contributed by atoms with Crippen molar-refractivity contribution in [2.45, 2.75) is 32.6 Å². The summed E-state index contributed by atoms with van der Waals surface area (Å²) in [6, 6.07) is 0. The molecule has 0 amide bonds. The Labute approximate surface area is 83.8 Å². The van der Waals surface area contributed by atoms with Crippen molar-refractivity contribution in [3.63, 3.8) is 0 Å². The fourth-order valence-electron chi connectivity index (χ4n) is 1.61. The van der Waals surface area contributed by atoms with Gasteiger partial charge in [0, 0.05) is 0 Å². The first-order chi connectivity index (χ1) is 6.63. The minimum Gasteiger partial charge on any atom is -0.511 e. The van der Waals surface area contributed by atoms with Gasteiger partial charge >= 0.3 is 5.97 Å². The third-order valence-corrected chi connectivity index (χ3v) is 2.62. The third-order valence-electron chi connectivity index (χ3n) is 2.62. The number of rotatable bonds is 4. The summed E-state index contributed by atoms with van der Waals surface area (Å²) in [5.74, 6) is -1.00. The van der Waals surface area contributed by atoms with Crippen LogP contribution in [0.5, 0.6) is 0 Å². The van der Waals surface area contributed by atoms with Crippen LogP contribution in [0, 0.1) is 11.5 Å². The van der Waals surface area contributed by atoms with Crippen molar-refractivity contribution in [2.75, 3.05) is 0 Å². The van der Waals surface area contributed by atoms with E-state index >= 15 is 0 Å². The number of hydrogen-bond donors (Lipinski definition) is 2. The van der Waals surface area contributed by atoms with E-state index in [0.717, 1.165) is 12.8 Å². The third kappa shape index (κ3) is 1.81. The van der Waals surface area contributed by atoms with E-state index in [9.17, 15) is 9.90 Å². The molecule has 0 aromatic carbocycles. The smallest absolute Gasteiger partial charge is 0.317 e. The highest BCUT2D eigenvalue weighted by Crippen LogP contribution is 2.38. The van der Waals surface area contributed by atoms with Crippen LogP contribution in [0.1, 0.15) is 32.6 Å². The average Bonchev–Trinajstić information content (AvgIpc) is 2.16. The average molecular weight is 195 g/mol. The lowest BCUT2D eigenvalue weighted by molar-refractivity contribution is -0.148. The van der Waals surface area contributed by atoms with Gasteiger partial charge in [-0.1, -0.05) is 25.8 Å². The van der Waals surface area contributed by atoms with E-state index in [0.29, 0.717) is 6.42 Å². The fraction of sp³-hybridized carbons (Fsp3) is 0.545. The van der Waals surface area contributed by atoms with Crippen molar-refractivity contribution in [3.05, 3.63) is 24.0 Å². The largest absolute Gasteiger partial charge is 0.511 e. The van der Waals surface area contributed by atoms with Crippen LogP contribution >= 0.6 is 0 Å². The summed E-state index contributed by atoms with van der Waals surface area (Å²) in [5, 5.41) is 18.8. The van der Waals surface area contributed by atoms with Gasteiger partial charge in [0.25, 0.3) is 0 Å². The lowest BCUT2D eigenvalue weighted by Crippen LogP contribution is -2.34. The van der Waals surface area contributed by atoms with Crippen molar-refractivity contribution in [3.8, 4) is 0 Å². The molecule has 1 radical (unpaired) electrons. The summed E-state index contributed by atoms with van der Waals surface area (Å²) in [7, 11) is 0. The summed E-state index contributed by atoms with van der Waals surface area (Å²) < 4.78 is 0. The predicted octanol–water partition coefficient (Wildman–Crippen LogP) is 2.45. The highest BCUT2D eigenvalue weighted by atomic mass is 16.4. The van der Waals surface area contributed by atoms with Gasteiger partial charge in [0.1, 0.15) is 11.2 Å². The molecule has 14 heavy (non-hydrogen) atoms. The Morgan fingerprint density at radius 3 is 2.93 bits per heavy atom.